The number of methoxy groups -OCH3 is 2. The number of fused-ring (bicyclic) bond motifs is 1. The van der Waals surface area contributed by atoms with E-state index in [4.69, 9.17) is 21.1 Å². The van der Waals surface area contributed by atoms with Crippen LogP contribution < -0.4 is 0 Å². The van der Waals surface area contributed by atoms with E-state index in [1.54, 1.807) is 0 Å². The summed E-state index contributed by atoms with van der Waals surface area (Å²) >= 11 is 10.1. The van der Waals surface area contributed by atoms with Crippen LogP contribution in [0.3, 0.4) is 0 Å². The van der Waals surface area contributed by atoms with E-state index in [1.165, 1.54) is 14.2 Å². The number of rotatable bonds is 2. The minimum absolute atomic E-state index is 0.0114. The Morgan fingerprint density at radius 3 is 2.50 bits per heavy atom. The predicted molar refractivity (Wildman–Crippen MR) is 85.2 cm³/mol. The smallest absolute Gasteiger partial charge is 0.309 e. The molecule has 0 spiro atoms. The van der Waals surface area contributed by atoms with Gasteiger partial charge in [-0.15, -0.1) is 0 Å². The molecule has 0 saturated heterocycles. The molecule has 0 unspecified atom stereocenters. The highest BCUT2D eigenvalue weighted by Crippen LogP contribution is 2.59. The van der Waals surface area contributed by atoms with Crippen LogP contribution in [0.25, 0.3) is 0 Å². The van der Waals surface area contributed by atoms with Crippen molar-refractivity contribution in [1.82, 2.24) is 0 Å². The second-order valence-corrected chi connectivity index (χ2v) is 7.50. The van der Waals surface area contributed by atoms with E-state index in [0.29, 0.717) is 6.42 Å². The number of carbonyl (C=O) groups is 2. The Morgan fingerprint density at radius 1 is 1.23 bits per heavy atom. The summed E-state index contributed by atoms with van der Waals surface area (Å²) in [4.78, 5) is 24.3. The van der Waals surface area contributed by atoms with Crippen molar-refractivity contribution in [3.05, 3.63) is 21.2 Å². The molecule has 6 heteroatoms. The van der Waals surface area contributed by atoms with Gasteiger partial charge in [0.2, 0.25) is 0 Å². The fourth-order valence-corrected chi connectivity index (χ4v) is 5.40. The Morgan fingerprint density at radius 2 is 1.86 bits per heavy atom. The molecule has 5 atom stereocenters. The van der Waals surface area contributed by atoms with Gasteiger partial charge in [-0.1, -0.05) is 33.6 Å². The fourth-order valence-electron chi connectivity index (χ4n) is 4.28. The highest BCUT2D eigenvalue weighted by atomic mass is 79.9. The second kappa shape index (κ2) is 6.00. The van der Waals surface area contributed by atoms with Crippen molar-refractivity contribution in [3.63, 3.8) is 0 Å². The highest BCUT2D eigenvalue weighted by Gasteiger charge is 2.54. The maximum absolute atomic E-state index is 12.2. The number of allylic oxidation sites excluding steroid dienone is 4. The van der Waals surface area contributed by atoms with Gasteiger partial charge in [-0.2, -0.15) is 0 Å². The van der Waals surface area contributed by atoms with Crippen LogP contribution >= 0.6 is 27.5 Å². The summed E-state index contributed by atoms with van der Waals surface area (Å²) in [5.74, 6) is -0.864. The van der Waals surface area contributed by atoms with Crippen molar-refractivity contribution < 1.29 is 19.1 Å². The van der Waals surface area contributed by atoms with Crippen molar-refractivity contribution in [2.24, 2.45) is 29.6 Å². The van der Waals surface area contributed by atoms with Crippen LogP contribution in [-0.2, 0) is 19.1 Å². The molecule has 0 aliphatic heterocycles. The number of esters is 2. The average Bonchev–Trinajstić information content (AvgIpc) is 2.53. The number of halogens is 2. The first-order valence-electron chi connectivity index (χ1n) is 7.40. The molecular formula is C16H18BrClO4. The summed E-state index contributed by atoms with van der Waals surface area (Å²) in [6.45, 7) is 0. The molecule has 0 aromatic carbocycles. The fraction of sp³-hybridized carbons (Fsp3) is 0.625. The summed E-state index contributed by atoms with van der Waals surface area (Å²) in [7, 11) is 2.83. The Balaban J connectivity index is 2.05. The highest BCUT2D eigenvalue weighted by molar-refractivity contribution is 9.11. The maximum Gasteiger partial charge on any atom is 0.309 e. The lowest BCUT2D eigenvalue weighted by atomic mass is 9.55. The summed E-state index contributed by atoms with van der Waals surface area (Å²) in [6.07, 6.45) is 4.13. The van der Waals surface area contributed by atoms with E-state index in [9.17, 15) is 9.59 Å². The Labute approximate surface area is 143 Å². The first kappa shape index (κ1) is 16.1. The van der Waals surface area contributed by atoms with E-state index in [0.717, 1.165) is 27.9 Å². The summed E-state index contributed by atoms with van der Waals surface area (Å²) in [5, 5.41) is 0.759. The van der Waals surface area contributed by atoms with Crippen molar-refractivity contribution in [2.75, 3.05) is 14.2 Å². The summed E-state index contributed by atoms with van der Waals surface area (Å²) in [5.41, 5.74) is 1.14. The lowest BCUT2D eigenvalue weighted by molar-refractivity contribution is -0.151. The van der Waals surface area contributed by atoms with Crippen LogP contribution in [0.2, 0.25) is 0 Å². The normalized spacial score (nSPS) is 36.5. The van der Waals surface area contributed by atoms with Gasteiger partial charge in [-0.25, -0.2) is 0 Å². The van der Waals surface area contributed by atoms with Gasteiger partial charge in [0.05, 0.1) is 26.1 Å². The molecule has 0 heterocycles. The van der Waals surface area contributed by atoms with Crippen LogP contribution in [0.4, 0.5) is 0 Å². The molecular weight excluding hydrogens is 372 g/mol. The number of hydrogen-bond acceptors (Lipinski definition) is 4. The molecule has 4 nitrogen and oxygen atoms in total. The zero-order valence-corrected chi connectivity index (χ0v) is 14.8. The molecule has 0 amide bonds. The molecule has 1 saturated carbocycles. The largest absolute Gasteiger partial charge is 0.469 e. The van der Waals surface area contributed by atoms with E-state index < -0.39 is 0 Å². The minimum Gasteiger partial charge on any atom is -0.469 e. The van der Waals surface area contributed by atoms with Crippen LogP contribution in [0.1, 0.15) is 19.3 Å². The molecule has 0 N–H and O–H groups in total. The molecule has 22 heavy (non-hydrogen) atoms. The van der Waals surface area contributed by atoms with E-state index in [2.05, 4.69) is 15.9 Å². The number of ether oxygens (including phenoxy) is 2. The second-order valence-electron chi connectivity index (χ2n) is 6.10. The van der Waals surface area contributed by atoms with Gasteiger partial charge in [-0.05, 0) is 29.3 Å². The van der Waals surface area contributed by atoms with Crippen molar-refractivity contribution >= 4 is 39.5 Å². The first-order chi connectivity index (χ1) is 10.5. The monoisotopic (exact) mass is 388 g/mol. The van der Waals surface area contributed by atoms with Gasteiger partial charge < -0.3 is 9.47 Å². The van der Waals surface area contributed by atoms with Crippen LogP contribution in [0, 0.1) is 29.6 Å². The summed E-state index contributed by atoms with van der Waals surface area (Å²) < 4.78 is 11.0. The quantitative estimate of drug-likeness (QED) is 0.679. The maximum atomic E-state index is 12.2. The third-order valence-electron chi connectivity index (χ3n) is 5.22. The van der Waals surface area contributed by atoms with Crippen molar-refractivity contribution in [1.29, 1.82) is 0 Å². The first-order valence-corrected chi connectivity index (χ1v) is 8.58. The minimum atomic E-state index is -0.215. The molecule has 120 valence electrons. The van der Waals surface area contributed by atoms with Crippen molar-refractivity contribution in [3.8, 4) is 0 Å². The van der Waals surface area contributed by atoms with Gasteiger partial charge in [0.25, 0.3) is 0 Å². The van der Waals surface area contributed by atoms with Crippen LogP contribution in [-0.4, -0.2) is 26.2 Å². The van der Waals surface area contributed by atoms with Gasteiger partial charge >= 0.3 is 11.9 Å². The SMILES string of the molecule is COC(=O)[C@@H]1CCC(Br)=C2[C@@H]1[C@@H]1C[C@@H](C(=O)OC)[C@H]2C=C1Cl. The van der Waals surface area contributed by atoms with Gasteiger partial charge in [-0.3, -0.25) is 9.59 Å². The van der Waals surface area contributed by atoms with Crippen LogP contribution in [0.15, 0.2) is 21.2 Å². The average molecular weight is 390 g/mol. The Bertz CT molecular complexity index is 583. The molecule has 0 aromatic heterocycles. The third kappa shape index (κ3) is 2.33. The van der Waals surface area contributed by atoms with Gasteiger partial charge in [0, 0.05) is 22.8 Å². The van der Waals surface area contributed by atoms with E-state index in [-0.39, 0.29) is 41.5 Å². The lowest BCUT2D eigenvalue weighted by Crippen LogP contribution is -2.47. The Hall–Kier alpha value is -0.810. The predicted octanol–water partition coefficient (Wildman–Crippen LogP) is 3.40. The third-order valence-corrected chi connectivity index (χ3v) is 6.48. The molecule has 0 aromatic rings. The van der Waals surface area contributed by atoms with E-state index >= 15 is 0 Å². The van der Waals surface area contributed by atoms with Gasteiger partial charge in [0.15, 0.2) is 0 Å². The molecule has 4 rings (SSSR count). The lowest BCUT2D eigenvalue weighted by Gasteiger charge is -2.50. The van der Waals surface area contributed by atoms with E-state index in [1.807, 2.05) is 6.08 Å². The zero-order valence-electron chi connectivity index (χ0n) is 12.5. The number of hydrogen-bond donors (Lipinski definition) is 0. The molecule has 2 bridgehead atoms. The molecule has 0 radical (unpaired) electrons. The molecule has 4 aliphatic rings. The topological polar surface area (TPSA) is 52.6 Å². The van der Waals surface area contributed by atoms with Gasteiger partial charge in [0.1, 0.15) is 0 Å². The Kier molecular flexibility index (Phi) is 4.38. The molecule has 4 aliphatic carbocycles. The molecule has 1 fully saturated rings. The number of carbonyl (C=O) groups excluding carboxylic acids is 2. The zero-order chi connectivity index (χ0) is 16.0. The standard InChI is InChI=1S/C16H18BrClO4/c1-21-15(19)7-3-4-11(17)14-8-6-12(18)10(13(7)14)5-9(8)16(20)22-2/h6-10,13H,3-5H2,1-2H3/t7-,8-,9-,10-,13+/m1/s1. The summed E-state index contributed by atoms with van der Waals surface area (Å²) in [6, 6.07) is 0. The van der Waals surface area contributed by atoms with Crippen molar-refractivity contribution in [2.45, 2.75) is 19.3 Å². The van der Waals surface area contributed by atoms with Crippen LogP contribution in [0.5, 0.6) is 0 Å².